The zero-order chi connectivity index (χ0) is 11.8. The Hall–Kier alpha value is -1.16. The van der Waals surface area contributed by atoms with Crippen LogP contribution in [0.3, 0.4) is 0 Å². The Morgan fingerprint density at radius 2 is 2.00 bits per heavy atom. The minimum absolute atomic E-state index is 0.120. The van der Waals surface area contributed by atoms with Gasteiger partial charge in [-0.2, -0.15) is 5.10 Å². The molecule has 1 saturated heterocycles. The lowest BCUT2D eigenvalue weighted by Gasteiger charge is -2.33. The molecule has 0 amide bonds. The second-order valence-corrected chi connectivity index (χ2v) is 4.96. The van der Waals surface area contributed by atoms with E-state index in [4.69, 9.17) is 0 Å². The summed E-state index contributed by atoms with van der Waals surface area (Å²) in [5, 5.41) is 4.19. The summed E-state index contributed by atoms with van der Waals surface area (Å²) in [7, 11) is 1.83. The molecular weight excluding hydrogens is 202 g/mol. The Morgan fingerprint density at radius 3 is 2.50 bits per heavy atom. The quantitative estimate of drug-likeness (QED) is 0.726. The van der Waals surface area contributed by atoms with Gasteiger partial charge in [-0.05, 0) is 45.8 Å². The van der Waals surface area contributed by atoms with Crippen molar-refractivity contribution in [2.45, 2.75) is 32.2 Å². The summed E-state index contributed by atoms with van der Waals surface area (Å²) in [4.78, 5) is 14.6. The van der Waals surface area contributed by atoms with Crippen LogP contribution in [0.4, 0.5) is 0 Å². The van der Waals surface area contributed by atoms with Gasteiger partial charge in [-0.25, -0.2) is 0 Å². The van der Waals surface area contributed by atoms with Crippen molar-refractivity contribution in [1.29, 1.82) is 0 Å². The van der Waals surface area contributed by atoms with Crippen LogP contribution in [-0.4, -0.2) is 39.1 Å². The first-order valence-corrected chi connectivity index (χ1v) is 5.81. The van der Waals surface area contributed by atoms with Crippen molar-refractivity contribution >= 4 is 5.78 Å². The summed E-state index contributed by atoms with van der Waals surface area (Å²) in [5.74, 6) is 0.120. The lowest BCUT2D eigenvalue weighted by Crippen LogP contribution is -2.48. The molecule has 1 aliphatic rings. The molecule has 4 heteroatoms. The molecular formula is C12H19N3O. The van der Waals surface area contributed by atoms with Gasteiger partial charge in [0.05, 0.1) is 5.54 Å². The average molecular weight is 221 g/mol. The number of carbonyl (C=O) groups excluding carboxylic acids is 1. The number of likely N-dealkylation sites (tertiary alicyclic amines) is 1. The van der Waals surface area contributed by atoms with E-state index >= 15 is 0 Å². The molecule has 0 N–H and O–H groups in total. The summed E-state index contributed by atoms with van der Waals surface area (Å²) in [5.41, 5.74) is 0.143. The first kappa shape index (κ1) is 11.3. The number of aromatic nitrogens is 2. The van der Waals surface area contributed by atoms with Crippen LogP contribution in [0.1, 0.15) is 37.2 Å². The lowest BCUT2D eigenvalue weighted by atomic mass is 9.95. The molecule has 0 bridgehead atoms. The average Bonchev–Trinajstić information content (AvgIpc) is 2.86. The fourth-order valence-corrected chi connectivity index (χ4v) is 2.27. The van der Waals surface area contributed by atoms with Crippen molar-refractivity contribution < 1.29 is 4.79 Å². The van der Waals surface area contributed by atoms with Gasteiger partial charge in [0.15, 0.2) is 0 Å². The second kappa shape index (κ2) is 4.01. The first-order chi connectivity index (χ1) is 7.51. The highest BCUT2D eigenvalue weighted by molar-refractivity contribution is 6.01. The smallest absolute Gasteiger partial charge is 0.202 e. The molecule has 0 spiro atoms. The van der Waals surface area contributed by atoms with Crippen molar-refractivity contribution in [3.8, 4) is 0 Å². The predicted octanol–water partition coefficient (Wildman–Crippen LogP) is 1.48. The van der Waals surface area contributed by atoms with Crippen molar-refractivity contribution in [3.05, 3.63) is 18.0 Å². The summed E-state index contributed by atoms with van der Waals surface area (Å²) < 4.78 is 1.67. The van der Waals surface area contributed by atoms with Crippen LogP contribution in [0.25, 0.3) is 0 Å². The van der Waals surface area contributed by atoms with Gasteiger partial charge in [-0.15, -0.1) is 0 Å². The molecule has 1 aromatic rings. The minimum atomic E-state index is -0.426. The first-order valence-electron chi connectivity index (χ1n) is 5.81. The highest BCUT2D eigenvalue weighted by Gasteiger charge is 2.37. The topological polar surface area (TPSA) is 38.1 Å². The van der Waals surface area contributed by atoms with Crippen molar-refractivity contribution in [2.75, 3.05) is 13.1 Å². The number of ketones is 1. The van der Waals surface area contributed by atoms with Crippen molar-refractivity contribution in [2.24, 2.45) is 7.05 Å². The molecule has 0 radical (unpaired) electrons. The third kappa shape index (κ3) is 1.89. The summed E-state index contributed by atoms with van der Waals surface area (Å²) in [6.07, 6.45) is 4.20. The Morgan fingerprint density at radius 1 is 1.38 bits per heavy atom. The Kier molecular flexibility index (Phi) is 2.84. The van der Waals surface area contributed by atoms with E-state index in [0.717, 1.165) is 13.1 Å². The molecule has 4 nitrogen and oxygen atoms in total. The molecule has 2 rings (SSSR count). The molecule has 0 aromatic carbocycles. The van der Waals surface area contributed by atoms with Gasteiger partial charge in [0.25, 0.3) is 0 Å². The normalized spacial score (nSPS) is 17.9. The van der Waals surface area contributed by atoms with E-state index in [1.807, 2.05) is 27.1 Å². The van der Waals surface area contributed by atoms with Crippen LogP contribution in [-0.2, 0) is 7.05 Å². The monoisotopic (exact) mass is 221 g/mol. The van der Waals surface area contributed by atoms with Crippen molar-refractivity contribution in [3.63, 3.8) is 0 Å². The number of nitrogens with zero attached hydrogens (tertiary/aromatic N) is 3. The molecule has 1 fully saturated rings. The van der Waals surface area contributed by atoms with E-state index in [-0.39, 0.29) is 5.78 Å². The van der Waals surface area contributed by atoms with Gasteiger partial charge >= 0.3 is 0 Å². The van der Waals surface area contributed by atoms with Gasteiger partial charge in [0.2, 0.25) is 5.78 Å². The van der Waals surface area contributed by atoms with Crippen LogP contribution in [0.15, 0.2) is 12.3 Å². The van der Waals surface area contributed by atoms with E-state index in [1.54, 1.807) is 10.7 Å². The maximum Gasteiger partial charge on any atom is 0.202 e. The van der Waals surface area contributed by atoms with Gasteiger partial charge in [-0.1, -0.05) is 0 Å². The van der Waals surface area contributed by atoms with E-state index in [1.165, 1.54) is 12.8 Å². The fourth-order valence-electron chi connectivity index (χ4n) is 2.27. The van der Waals surface area contributed by atoms with E-state index in [0.29, 0.717) is 5.69 Å². The van der Waals surface area contributed by atoms with Gasteiger partial charge in [0.1, 0.15) is 5.69 Å². The molecule has 2 heterocycles. The minimum Gasteiger partial charge on any atom is -0.291 e. The van der Waals surface area contributed by atoms with E-state index in [2.05, 4.69) is 10.00 Å². The second-order valence-electron chi connectivity index (χ2n) is 4.96. The lowest BCUT2D eigenvalue weighted by molar-refractivity contribution is 0.0696. The van der Waals surface area contributed by atoms with Crippen LogP contribution in [0.5, 0.6) is 0 Å². The largest absolute Gasteiger partial charge is 0.291 e. The van der Waals surface area contributed by atoms with Crippen molar-refractivity contribution in [1.82, 2.24) is 14.7 Å². The highest BCUT2D eigenvalue weighted by Crippen LogP contribution is 2.24. The molecule has 0 atom stereocenters. The Balaban J connectivity index is 2.19. The molecule has 0 aliphatic carbocycles. The molecule has 1 aliphatic heterocycles. The number of Topliss-reactive ketones (excluding diaryl/α,β-unsaturated/α-hetero) is 1. The highest BCUT2D eigenvalue weighted by atomic mass is 16.1. The van der Waals surface area contributed by atoms with E-state index < -0.39 is 5.54 Å². The van der Waals surface area contributed by atoms with Crippen LogP contribution < -0.4 is 0 Å². The number of hydrogen-bond donors (Lipinski definition) is 0. The maximum absolute atomic E-state index is 12.3. The molecule has 0 unspecified atom stereocenters. The van der Waals surface area contributed by atoms with E-state index in [9.17, 15) is 4.79 Å². The fraction of sp³-hybridized carbons (Fsp3) is 0.667. The third-order valence-corrected chi connectivity index (χ3v) is 3.40. The summed E-state index contributed by atoms with van der Waals surface area (Å²) in [6, 6.07) is 1.79. The number of rotatable bonds is 3. The summed E-state index contributed by atoms with van der Waals surface area (Å²) >= 11 is 0. The predicted molar refractivity (Wildman–Crippen MR) is 62.4 cm³/mol. The molecule has 1 aromatic heterocycles. The van der Waals surface area contributed by atoms with Crippen LogP contribution in [0, 0.1) is 0 Å². The zero-order valence-corrected chi connectivity index (χ0v) is 10.2. The molecule has 88 valence electrons. The SMILES string of the molecule is Cn1ccc(C(=O)C(C)(C)N2CCCC2)n1. The third-order valence-electron chi connectivity index (χ3n) is 3.40. The number of hydrogen-bond acceptors (Lipinski definition) is 3. The molecule has 0 saturated carbocycles. The Labute approximate surface area is 96.2 Å². The van der Waals surface area contributed by atoms with Crippen LogP contribution >= 0.6 is 0 Å². The van der Waals surface area contributed by atoms with Crippen LogP contribution in [0.2, 0.25) is 0 Å². The zero-order valence-electron chi connectivity index (χ0n) is 10.2. The number of aryl methyl sites for hydroxylation is 1. The summed E-state index contributed by atoms with van der Waals surface area (Å²) in [6.45, 7) is 6.03. The van der Waals surface area contributed by atoms with Gasteiger partial charge < -0.3 is 0 Å². The number of carbonyl (C=O) groups is 1. The van der Waals surface area contributed by atoms with Gasteiger partial charge in [-0.3, -0.25) is 14.4 Å². The van der Waals surface area contributed by atoms with Gasteiger partial charge in [0, 0.05) is 13.2 Å². The Bertz CT molecular complexity index is 389. The standard InChI is InChI=1S/C12H19N3O/c1-12(2,15-7-4-5-8-15)11(16)10-6-9-14(3)13-10/h6,9H,4-5,7-8H2,1-3H3. The maximum atomic E-state index is 12.3. The molecule has 16 heavy (non-hydrogen) atoms.